The van der Waals surface area contributed by atoms with Crippen LogP contribution in [0.3, 0.4) is 0 Å². The lowest BCUT2D eigenvalue weighted by atomic mass is 10.0. The number of carbonyl (C=O) groups is 1. The topological polar surface area (TPSA) is 86.9 Å². The molecule has 3 rings (SSSR count). The standard InChI is InChI=1S/C18H21N3O3S/c1-10-11(2)21-9-13(18(24)19-3)12(16(23)17(21)20-10)6-7-14(22)15-5-4-8-25-15/h4-5,8-9,14,22-23H,6-7H2,1-3H3,(H,19,24). The van der Waals surface area contributed by atoms with Crippen molar-refractivity contribution in [3.05, 3.63) is 51.1 Å². The molecule has 3 heterocycles. The van der Waals surface area contributed by atoms with E-state index in [0.29, 0.717) is 29.6 Å². The Bertz CT molecular complexity index is 916. The number of carbonyl (C=O) groups excluding carboxylic acids is 1. The number of rotatable bonds is 5. The predicted molar refractivity (Wildman–Crippen MR) is 97.3 cm³/mol. The number of nitrogens with zero attached hydrogens (tertiary/aromatic N) is 2. The van der Waals surface area contributed by atoms with Crippen molar-refractivity contribution in [2.75, 3.05) is 7.05 Å². The Balaban J connectivity index is 2.02. The van der Waals surface area contributed by atoms with Crippen LogP contribution < -0.4 is 5.32 Å². The van der Waals surface area contributed by atoms with Gasteiger partial charge in [-0.05, 0) is 38.1 Å². The summed E-state index contributed by atoms with van der Waals surface area (Å²) in [5.41, 5.74) is 3.01. The third kappa shape index (κ3) is 3.12. The molecule has 1 unspecified atom stereocenters. The molecule has 3 aromatic rings. The summed E-state index contributed by atoms with van der Waals surface area (Å²) in [4.78, 5) is 17.6. The Morgan fingerprint density at radius 3 is 2.84 bits per heavy atom. The molecule has 0 saturated carbocycles. The minimum absolute atomic E-state index is 0.00400. The maximum atomic E-state index is 12.3. The molecule has 0 aliphatic heterocycles. The number of amides is 1. The number of fused-ring (bicyclic) bond motifs is 1. The molecule has 1 amide bonds. The van der Waals surface area contributed by atoms with Crippen LogP contribution in [0.2, 0.25) is 0 Å². The van der Waals surface area contributed by atoms with Crippen LogP contribution in [0.4, 0.5) is 0 Å². The largest absolute Gasteiger partial charge is 0.504 e. The summed E-state index contributed by atoms with van der Waals surface area (Å²) in [6.07, 6.45) is 1.86. The zero-order valence-electron chi connectivity index (χ0n) is 14.4. The maximum Gasteiger partial charge on any atom is 0.252 e. The number of thiophene rings is 1. The number of hydrogen-bond acceptors (Lipinski definition) is 5. The molecule has 132 valence electrons. The van der Waals surface area contributed by atoms with Gasteiger partial charge in [-0.2, -0.15) is 0 Å². The Kier molecular flexibility index (Phi) is 4.78. The Morgan fingerprint density at radius 1 is 1.44 bits per heavy atom. The summed E-state index contributed by atoms with van der Waals surface area (Å²) in [5.74, 6) is -0.278. The Labute approximate surface area is 149 Å². The van der Waals surface area contributed by atoms with Crippen molar-refractivity contribution in [1.29, 1.82) is 0 Å². The van der Waals surface area contributed by atoms with Gasteiger partial charge in [-0.15, -0.1) is 11.3 Å². The zero-order chi connectivity index (χ0) is 18.1. The van der Waals surface area contributed by atoms with Crippen molar-refractivity contribution in [3.63, 3.8) is 0 Å². The minimum Gasteiger partial charge on any atom is -0.504 e. The van der Waals surface area contributed by atoms with Crippen LogP contribution in [0.15, 0.2) is 23.7 Å². The van der Waals surface area contributed by atoms with Gasteiger partial charge in [0.2, 0.25) is 0 Å². The van der Waals surface area contributed by atoms with Gasteiger partial charge in [-0.3, -0.25) is 4.79 Å². The first-order valence-electron chi connectivity index (χ1n) is 8.07. The van der Waals surface area contributed by atoms with E-state index in [4.69, 9.17) is 0 Å². The molecule has 0 radical (unpaired) electrons. The zero-order valence-corrected chi connectivity index (χ0v) is 15.2. The third-order valence-corrected chi connectivity index (χ3v) is 5.45. The van der Waals surface area contributed by atoms with Gasteiger partial charge in [0.05, 0.1) is 17.4 Å². The fourth-order valence-electron chi connectivity index (χ4n) is 2.91. The lowest BCUT2D eigenvalue weighted by Crippen LogP contribution is -2.21. The first-order valence-corrected chi connectivity index (χ1v) is 8.95. The average Bonchev–Trinajstić information content (AvgIpc) is 3.23. The van der Waals surface area contributed by atoms with Crippen LogP contribution in [0.1, 0.15) is 44.7 Å². The van der Waals surface area contributed by atoms with E-state index in [-0.39, 0.29) is 11.7 Å². The highest BCUT2D eigenvalue weighted by molar-refractivity contribution is 7.10. The molecular weight excluding hydrogens is 338 g/mol. The quantitative estimate of drug-likeness (QED) is 0.654. The van der Waals surface area contributed by atoms with Crippen molar-refractivity contribution in [1.82, 2.24) is 14.7 Å². The first-order chi connectivity index (χ1) is 11.9. The van der Waals surface area contributed by atoms with Crippen LogP contribution in [-0.2, 0) is 6.42 Å². The average molecular weight is 359 g/mol. The Hall–Kier alpha value is -2.38. The summed E-state index contributed by atoms with van der Waals surface area (Å²) in [6, 6.07) is 3.76. The number of nitrogens with one attached hydrogen (secondary N) is 1. The number of hydrogen-bond donors (Lipinski definition) is 3. The van der Waals surface area contributed by atoms with E-state index in [0.717, 1.165) is 16.3 Å². The number of imidazole rings is 1. The van der Waals surface area contributed by atoms with Gasteiger partial charge < -0.3 is 19.9 Å². The van der Waals surface area contributed by atoms with Gasteiger partial charge in [0, 0.05) is 29.4 Å². The molecule has 7 heteroatoms. The second-order valence-electron chi connectivity index (χ2n) is 6.00. The van der Waals surface area contributed by atoms with Crippen molar-refractivity contribution in [3.8, 4) is 5.75 Å². The minimum atomic E-state index is -0.628. The summed E-state index contributed by atoms with van der Waals surface area (Å²) in [6.45, 7) is 3.75. The molecule has 0 bridgehead atoms. The molecule has 0 aliphatic carbocycles. The summed E-state index contributed by atoms with van der Waals surface area (Å²) in [5, 5.41) is 25.6. The highest BCUT2D eigenvalue weighted by Crippen LogP contribution is 2.32. The monoisotopic (exact) mass is 359 g/mol. The predicted octanol–water partition coefficient (Wildman–Crippen LogP) is 2.74. The van der Waals surface area contributed by atoms with Gasteiger partial charge in [0.15, 0.2) is 11.4 Å². The van der Waals surface area contributed by atoms with Gasteiger partial charge in [0.1, 0.15) is 0 Å². The summed E-state index contributed by atoms with van der Waals surface area (Å²) < 4.78 is 1.73. The van der Waals surface area contributed by atoms with Crippen LogP contribution >= 0.6 is 11.3 Å². The van der Waals surface area contributed by atoms with Crippen molar-refractivity contribution in [2.45, 2.75) is 32.8 Å². The van der Waals surface area contributed by atoms with Crippen LogP contribution in [0.5, 0.6) is 5.75 Å². The number of aromatic hydroxyl groups is 1. The lowest BCUT2D eigenvalue weighted by molar-refractivity contribution is 0.0960. The van der Waals surface area contributed by atoms with E-state index in [9.17, 15) is 15.0 Å². The fourth-order valence-corrected chi connectivity index (χ4v) is 3.66. The number of aryl methyl sites for hydroxylation is 2. The van der Waals surface area contributed by atoms with Crippen molar-refractivity contribution >= 4 is 22.9 Å². The van der Waals surface area contributed by atoms with E-state index in [1.807, 2.05) is 31.4 Å². The fraction of sp³-hybridized carbons (Fsp3) is 0.333. The summed E-state index contributed by atoms with van der Waals surface area (Å²) >= 11 is 1.48. The van der Waals surface area contributed by atoms with Crippen molar-refractivity contribution < 1.29 is 15.0 Å². The van der Waals surface area contributed by atoms with E-state index in [1.54, 1.807) is 17.6 Å². The lowest BCUT2D eigenvalue weighted by Gasteiger charge is -2.14. The number of pyridine rings is 1. The number of aromatic nitrogens is 2. The van der Waals surface area contributed by atoms with E-state index >= 15 is 0 Å². The molecule has 0 saturated heterocycles. The van der Waals surface area contributed by atoms with Crippen LogP contribution in [-0.4, -0.2) is 32.6 Å². The molecule has 0 fully saturated rings. The molecule has 3 aromatic heterocycles. The third-order valence-electron chi connectivity index (χ3n) is 4.48. The Morgan fingerprint density at radius 2 is 2.20 bits per heavy atom. The van der Waals surface area contributed by atoms with E-state index in [1.165, 1.54) is 11.3 Å². The van der Waals surface area contributed by atoms with E-state index in [2.05, 4.69) is 10.3 Å². The molecule has 0 spiro atoms. The molecule has 25 heavy (non-hydrogen) atoms. The molecule has 0 aliphatic rings. The maximum absolute atomic E-state index is 12.3. The van der Waals surface area contributed by atoms with Crippen molar-refractivity contribution in [2.24, 2.45) is 0 Å². The molecule has 1 atom stereocenters. The molecule has 0 aromatic carbocycles. The van der Waals surface area contributed by atoms with Crippen LogP contribution in [0.25, 0.3) is 5.65 Å². The van der Waals surface area contributed by atoms with E-state index < -0.39 is 6.10 Å². The molecule has 6 nitrogen and oxygen atoms in total. The van der Waals surface area contributed by atoms with Gasteiger partial charge >= 0.3 is 0 Å². The normalized spacial score (nSPS) is 12.5. The van der Waals surface area contributed by atoms with Gasteiger partial charge in [-0.1, -0.05) is 6.07 Å². The highest BCUT2D eigenvalue weighted by Gasteiger charge is 2.21. The SMILES string of the molecule is CNC(=O)c1cn2c(C)c(C)nc2c(O)c1CCC(O)c1cccs1. The van der Waals surface area contributed by atoms with Crippen LogP contribution in [0, 0.1) is 13.8 Å². The van der Waals surface area contributed by atoms with Gasteiger partial charge in [0.25, 0.3) is 5.91 Å². The first kappa shape index (κ1) is 17.4. The second-order valence-corrected chi connectivity index (χ2v) is 6.97. The molecule has 3 N–H and O–H groups in total. The number of aliphatic hydroxyl groups is 1. The smallest absolute Gasteiger partial charge is 0.252 e. The van der Waals surface area contributed by atoms with Gasteiger partial charge in [-0.25, -0.2) is 4.98 Å². The summed E-state index contributed by atoms with van der Waals surface area (Å²) in [7, 11) is 1.56. The second kappa shape index (κ2) is 6.85. The highest BCUT2D eigenvalue weighted by atomic mass is 32.1. The number of aliphatic hydroxyl groups excluding tert-OH is 1. The molecular formula is C18H21N3O3S.